The minimum atomic E-state index is -0.359. The summed E-state index contributed by atoms with van der Waals surface area (Å²) >= 11 is 0. The molecule has 0 aliphatic carbocycles. The number of hydrogen-bond acceptors (Lipinski definition) is 7. The molecule has 2 aromatic heterocycles. The summed E-state index contributed by atoms with van der Waals surface area (Å²) in [7, 11) is 0. The Kier molecular flexibility index (Phi) is 5.12. The number of benzene rings is 1. The summed E-state index contributed by atoms with van der Waals surface area (Å²) in [4.78, 5) is 21.1. The number of carbonyl (C=O) groups is 1. The number of anilines is 3. The molecule has 0 spiro atoms. The quantitative estimate of drug-likeness (QED) is 0.699. The fraction of sp³-hybridized carbons (Fsp3) is 0.222. The van der Waals surface area contributed by atoms with Crippen LogP contribution in [0.1, 0.15) is 28.9 Å². The zero-order valence-corrected chi connectivity index (χ0v) is 14.7. The lowest BCUT2D eigenvalue weighted by molar-refractivity contribution is 0.102. The van der Waals surface area contributed by atoms with Gasteiger partial charge in [0.15, 0.2) is 5.82 Å². The number of hydrogen-bond donors (Lipinski definition) is 2. The average molecular weight is 353 g/mol. The second kappa shape index (κ2) is 7.64. The van der Waals surface area contributed by atoms with E-state index in [1.807, 2.05) is 19.1 Å². The van der Waals surface area contributed by atoms with Crippen LogP contribution < -0.4 is 15.4 Å². The molecule has 8 heteroatoms. The van der Waals surface area contributed by atoms with Gasteiger partial charge in [0, 0.05) is 11.8 Å². The van der Waals surface area contributed by atoms with E-state index in [1.165, 1.54) is 0 Å². The van der Waals surface area contributed by atoms with Crippen molar-refractivity contribution in [1.82, 2.24) is 15.1 Å². The van der Waals surface area contributed by atoms with Gasteiger partial charge in [0.1, 0.15) is 17.2 Å². The van der Waals surface area contributed by atoms with Gasteiger partial charge in [0.05, 0.1) is 12.3 Å². The molecule has 0 aliphatic heterocycles. The van der Waals surface area contributed by atoms with Crippen LogP contribution in [0.15, 0.2) is 40.9 Å². The Morgan fingerprint density at radius 3 is 2.73 bits per heavy atom. The molecule has 0 bridgehead atoms. The maximum absolute atomic E-state index is 12.6. The van der Waals surface area contributed by atoms with Crippen LogP contribution in [0.25, 0.3) is 0 Å². The molecule has 0 fully saturated rings. The van der Waals surface area contributed by atoms with Gasteiger partial charge in [0.2, 0.25) is 5.95 Å². The molecule has 0 saturated heterocycles. The zero-order chi connectivity index (χ0) is 18.5. The third-order valence-electron chi connectivity index (χ3n) is 3.39. The largest absolute Gasteiger partial charge is 0.492 e. The van der Waals surface area contributed by atoms with Crippen molar-refractivity contribution in [2.45, 2.75) is 20.8 Å². The molecule has 3 rings (SSSR count). The Morgan fingerprint density at radius 1 is 1.19 bits per heavy atom. The first-order valence-corrected chi connectivity index (χ1v) is 8.14. The molecule has 0 unspecified atom stereocenters. The molecular weight excluding hydrogens is 334 g/mol. The summed E-state index contributed by atoms with van der Waals surface area (Å²) in [6.45, 7) is 5.95. The summed E-state index contributed by atoms with van der Waals surface area (Å²) in [5.74, 6) is 1.64. The van der Waals surface area contributed by atoms with Gasteiger partial charge in [-0.05, 0) is 39.0 Å². The summed E-state index contributed by atoms with van der Waals surface area (Å²) in [5, 5.41) is 9.57. The van der Waals surface area contributed by atoms with Crippen LogP contribution in [0.2, 0.25) is 0 Å². The van der Waals surface area contributed by atoms with Crippen LogP contribution in [0.3, 0.4) is 0 Å². The van der Waals surface area contributed by atoms with Crippen LogP contribution in [-0.4, -0.2) is 27.6 Å². The summed E-state index contributed by atoms with van der Waals surface area (Å²) in [6, 6.07) is 10.6. The van der Waals surface area contributed by atoms with Gasteiger partial charge in [0.25, 0.3) is 5.91 Å². The number of amides is 1. The number of ether oxygens (including phenoxy) is 1. The topological polar surface area (TPSA) is 102 Å². The van der Waals surface area contributed by atoms with Gasteiger partial charge in [-0.1, -0.05) is 17.3 Å². The zero-order valence-electron chi connectivity index (χ0n) is 14.7. The van der Waals surface area contributed by atoms with Crippen molar-refractivity contribution in [2.75, 3.05) is 17.2 Å². The second-order valence-corrected chi connectivity index (χ2v) is 5.55. The molecule has 1 amide bonds. The van der Waals surface area contributed by atoms with Crippen LogP contribution >= 0.6 is 0 Å². The Bertz CT molecular complexity index is 923. The molecule has 134 valence electrons. The number of nitrogens with one attached hydrogen (secondary N) is 2. The van der Waals surface area contributed by atoms with E-state index in [2.05, 4.69) is 25.8 Å². The average Bonchev–Trinajstić information content (AvgIpc) is 3.01. The highest BCUT2D eigenvalue weighted by Crippen LogP contribution is 2.24. The molecular formula is C18H19N5O3. The first-order chi connectivity index (χ1) is 12.5. The molecule has 2 heterocycles. The molecule has 0 radical (unpaired) electrons. The number of para-hydroxylation sites is 2. The van der Waals surface area contributed by atoms with E-state index >= 15 is 0 Å². The number of nitrogens with zero attached hydrogens (tertiary/aromatic N) is 3. The Hall–Kier alpha value is -3.42. The number of carbonyl (C=O) groups excluding carboxylic acids is 1. The monoisotopic (exact) mass is 353 g/mol. The summed E-state index contributed by atoms with van der Waals surface area (Å²) < 4.78 is 10.5. The molecule has 1 aromatic carbocycles. The van der Waals surface area contributed by atoms with Crippen molar-refractivity contribution >= 4 is 23.4 Å². The fourth-order valence-electron chi connectivity index (χ4n) is 2.32. The van der Waals surface area contributed by atoms with E-state index in [4.69, 9.17) is 9.26 Å². The SMILES string of the molecule is CCOc1ccccc1NC(=O)c1cc(C)nc(Nc2cc(C)on2)n1. The van der Waals surface area contributed by atoms with Gasteiger partial charge in [-0.25, -0.2) is 9.97 Å². The van der Waals surface area contributed by atoms with E-state index < -0.39 is 0 Å². The predicted octanol–water partition coefficient (Wildman–Crippen LogP) is 3.48. The van der Waals surface area contributed by atoms with Crippen molar-refractivity contribution in [1.29, 1.82) is 0 Å². The van der Waals surface area contributed by atoms with E-state index in [9.17, 15) is 4.79 Å². The lowest BCUT2D eigenvalue weighted by Crippen LogP contribution is -2.16. The van der Waals surface area contributed by atoms with E-state index in [0.29, 0.717) is 35.3 Å². The molecule has 26 heavy (non-hydrogen) atoms. The Labute approximate surface area is 150 Å². The maximum atomic E-state index is 12.6. The van der Waals surface area contributed by atoms with Crippen LogP contribution in [-0.2, 0) is 0 Å². The minimum absolute atomic E-state index is 0.228. The number of aromatic nitrogens is 3. The molecule has 3 aromatic rings. The van der Waals surface area contributed by atoms with Crippen molar-refractivity contribution in [3.8, 4) is 5.75 Å². The highest BCUT2D eigenvalue weighted by Gasteiger charge is 2.14. The van der Waals surface area contributed by atoms with Crippen LogP contribution in [0, 0.1) is 13.8 Å². The summed E-state index contributed by atoms with van der Waals surface area (Å²) in [6.07, 6.45) is 0. The van der Waals surface area contributed by atoms with E-state index in [-0.39, 0.29) is 17.5 Å². The van der Waals surface area contributed by atoms with Gasteiger partial charge in [-0.15, -0.1) is 0 Å². The lowest BCUT2D eigenvalue weighted by atomic mass is 10.2. The first-order valence-electron chi connectivity index (χ1n) is 8.14. The fourth-order valence-corrected chi connectivity index (χ4v) is 2.32. The normalized spacial score (nSPS) is 10.4. The maximum Gasteiger partial charge on any atom is 0.274 e. The van der Waals surface area contributed by atoms with Crippen molar-refractivity contribution in [3.63, 3.8) is 0 Å². The third kappa shape index (κ3) is 4.15. The first kappa shape index (κ1) is 17.4. The molecule has 0 atom stereocenters. The van der Waals surface area contributed by atoms with Crippen molar-refractivity contribution < 1.29 is 14.1 Å². The number of aryl methyl sites for hydroxylation is 2. The molecule has 0 aliphatic rings. The standard InChI is InChI=1S/C18H19N5O3/c1-4-25-15-8-6-5-7-13(15)20-17(24)14-9-11(2)19-18(21-14)22-16-10-12(3)26-23-16/h5-10H,4H2,1-3H3,(H,20,24)(H,19,21,22,23). The van der Waals surface area contributed by atoms with Crippen LogP contribution in [0.4, 0.5) is 17.5 Å². The minimum Gasteiger partial charge on any atom is -0.492 e. The highest BCUT2D eigenvalue weighted by molar-refractivity contribution is 6.03. The van der Waals surface area contributed by atoms with Gasteiger partial charge in [-0.3, -0.25) is 4.79 Å². The van der Waals surface area contributed by atoms with E-state index in [0.717, 1.165) is 0 Å². The third-order valence-corrected chi connectivity index (χ3v) is 3.39. The Morgan fingerprint density at radius 2 is 2.00 bits per heavy atom. The highest BCUT2D eigenvalue weighted by atomic mass is 16.5. The lowest BCUT2D eigenvalue weighted by Gasteiger charge is -2.11. The van der Waals surface area contributed by atoms with Gasteiger partial charge < -0.3 is 19.9 Å². The number of rotatable bonds is 6. The molecule has 8 nitrogen and oxygen atoms in total. The van der Waals surface area contributed by atoms with Crippen LogP contribution in [0.5, 0.6) is 5.75 Å². The molecule has 2 N–H and O–H groups in total. The smallest absolute Gasteiger partial charge is 0.274 e. The Balaban J connectivity index is 1.81. The van der Waals surface area contributed by atoms with Crippen molar-refractivity contribution in [2.24, 2.45) is 0 Å². The van der Waals surface area contributed by atoms with Crippen molar-refractivity contribution in [3.05, 3.63) is 53.5 Å². The summed E-state index contributed by atoms with van der Waals surface area (Å²) in [5.41, 5.74) is 1.45. The second-order valence-electron chi connectivity index (χ2n) is 5.55. The van der Waals surface area contributed by atoms with Gasteiger partial charge in [-0.2, -0.15) is 0 Å². The van der Waals surface area contributed by atoms with E-state index in [1.54, 1.807) is 38.1 Å². The molecule has 0 saturated carbocycles. The predicted molar refractivity (Wildman–Crippen MR) is 96.9 cm³/mol. The van der Waals surface area contributed by atoms with Gasteiger partial charge >= 0.3 is 0 Å².